The van der Waals surface area contributed by atoms with E-state index in [0.717, 1.165) is 38.5 Å². The molecule has 27 heavy (non-hydrogen) atoms. The van der Waals surface area contributed by atoms with Crippen LogP contribution in [0.2, 0.25) is 0 Å². The van der Waals surface area contributed by atoms with Gasteiger partial charge in [0.25, 0.3) is 0 Å². The number of hydrogen-bond donors (Lipinski definition) is 0. The van der Waals surface area contributed by atoms with Crippen molar-refractivity contribution < 1.29 is 28.4 Å². The fourth-order valence-electron chi connectivity index (χ4n) is 3.80. The number of allylic oxidation sites excluding steroid dienone is 2. The maximum absolute atomic E-state index is 5.99. The third-order valence-corrected chi connectivity index (χ3v) is 5.56. The molecule has 4 aliphatic rings. The topological polar surface area (TPSA) is 55.4 Å². The molecule has 2 heterocycles. The fourth-order valence-corrected chi connectivity index (χ4v) is 3.80. The lowest BCUT2D eigenvalue weighted by molar-refractivity contribution is -0.536. The Morgan fingerprint density at radius 2 is 1.11 bits per heavy atom. The predicted molar refractivity (Wildman–Crippen MR) is 99.0 cm³/mol. The van der Waals surface area contributed by atoms with Gasteiger partial charge in [0.05, 0.1) is 51.8 Å². The SMILES string of the molecule is C1=CCC(OCC2COC3(OC2)OCC(COC2CC=CCC2)CO3)CC1. The third-order valence-electron chi connectivity index (χ3n) is 5.56. The van der Waals surface area contributed by atoms with E-state index in [1.54, 1.807) is 0 Å². The van der Waals surface area contributed by atoms with Crippen LogP contribution in [0.3, 0.4) is 0 Å². The van der Waals surface area contributed by atoms with E-state index < -0.39 is 6.16 Å². The summed E-state index contributed by atoms with van der Waals surface area (Å²) >= 11 is 0. The Kier molecular flexibility index (Phi) is 6.97. The number of ether oxygens (including phenoxy) is 6. The summed E-state index contributed by atoms with van der Waals surface area (Å²) in [5, 5.41) is 0. The van der Waals surface area contributed by atoms with E-state index in [4.69, 9.17) is 28.4 Å². The molecular weight excluding hydrogens is 348 g/mol. The van der Waals surface area contributed by atoms with Gasteiger partial charge in [0.1, 0.15) is 0 Å². The van der Waals surface area contributed by atoms with E-state index in [2.05, 4.69) is 24.3 Å². The first-order valence-corrected chi connectivity index (χ1v) is 10.4. The maximum Gasteiger partial charge on any atom is 0.412 e. The minimum atomic E-state index is -1.33. The Labute approximate surface area is 161 Å². The molecule has 2 aliphatic heterocycles. The summed E-state index contributed by atoms with van der Waals surface area (Å²) in [7, 11) is 0. The molecule has 2 atom stereocenters. The van der Waals surface area contributed by atoms with Crippen LogP contribution in [0.4, 0.5) is 0 Å². The lowest BCUT2D eigenvalue weighted by atomic mass is 10.0. The van der Waals surface area contributed by atoms with Crippen molar-refractivity contribution in [2.24, 2.45) is 11.8 Å². The van der Waals surface area contributed by atoms with Crippen LogP contribution < -0.4 is 0 Å². The molecule has 0 aromatic carbocycles. The van der Waals surface area contributed by atoms with Crippen LogP contribution in [0, 0.1) is 11.8 Å². The monoisotopic (exact) mass is 380 g/mol. The standard InChI is InChI=1S/C21H32O6/c1-3-7-19(8-4-1)22-11-17-13-24-21(25-14-17)26-15-18(16-27-21)12-23-20-9-5-2-6-10-20/h1-3,5,17-20H,4,6-16H2. The minimum absolute atomic E-state index is 0.217. The van der Waals surface area contributed by atoms with Gasteiger partial charge in [-0.25, -0.2) is 0 Å². The number of hydrogen-bond acceptors (Lipinski definition) is 6. The smallest absolute Gasteiger partial charge is 0.377 e. The minimum Gasteiger partial charge on any atom is -0.377 e. The van der Waals surface area contributed by atoms with Gasteiger partial charge in [0.15, 0.2) is 0 Å². The van der Waals surface area contributed by atoms with Crippen LogP contribution in [-0.4, -0.2) is 58.0 Å². The summed E-state index contributed by atoms with van der Waals surface area (Å²) in [4.78, 5) is 0. The van der Waals surface area contributed by atoms with Crippen LogP contribution in [0.1, 0.15) is 38.5 Å². The lowest BCUT2D eigenvalue weighted by Gasteiger charge is -2.42. The van der Waals surface area contributed by atoms with Gasteiger partial charge >= 0.3 is 6.16 Å². The highest BCUT2D eigenvalue weighted by Crippen LogP contribution is 2.30. The van der Waals surface area contributed by atoms with Crippen molar-refractivity contribution >= 4 is 0 Å². The van der Waals surface area contributed by atoms with Gasteiger partial charge < -0.3 is 28.4 Å². The van der Waals surface area contributed by atoms with Crippen molar-refractivity contribution in [1.29, 1.82) is 0 Å². The largest absolute Gasteiger partial charge is 0.412 e. The maximum atomic E-state index is 5.99. The normalized spacial score (nSPS) is 39.7. The van der Waals surface area contributed by atoms with E-state index in [1.165, 1.54) is 0 Å². The van der Waals surface area contributed by atoms with Gasteiger partial charge in [-0.05, 0) is 38.5 Å². The molecule has 0 aromatic heterocycles. The summed E-state index contributed by atoms with van der Waals surface area (Å²) in [5.41, 5.74) is 0. The van der Waals surface area contributed by atoms with Crippen molar-refractivity contribution in [3.63, 3.8) is 0 Å². The molecule has 1 spiro atoms. The summed E-state index contributed by atoms with van der Waals surface area (Å²) in [5.74, 6) is 0.434. The molecule has 0 saturated carbocycles. The molecule has 6 heteroatoms. The fraction of sp³-hybridized carbons (Fsp3) is 0.810. The van der Waals surface area contributed by atoms with Crippen LogP contribution in [0.5, 0.6) is 0 Å². The van der Waals surface area contributed by atoms with Gasteiger partial charge in [0.2, 0.25) is 0 Å². The second-order valence-corrected chi connectivity index (χ2v) is 7.96. The molecule has 4 rings (SSSR count). The summed E-state index contributed by atoms with van der Waals surface area (Å²) < 4.78 is 35.1. The third kappa shape index (κ3) is 5.62. The van der Waals surface area contributed by atoms with Crippen LogP contribution in [-0.2, 0) is 28.4 Å². The van der Waals surface area contributed by atoms with Crippen LogP contribution in [0.25, 0.3) is 0 Å². The second kappa shape index (κ2) is 9.63. The Bertz CT molecular complexity index is 453. The van der Waals surface area contributed by atoms with Gasteiger partial charge in [-0.2, -0.15) is 0 Å². The first-order chi connectivity index (χ1) is 13.3. The Balaban J connectivity index is 1.12. The van der Waals surface area contributed by atoms with Crippen molar-refractivity contribution in [1.82, 2.24) is 0 Å². The summed E-state index contributed by atoms with van der Waals surface area (Å²) in [6.07, 6.45) is 14.6. The summed E-state index contributed by atoms with van der Waals surface area (Å²) in [6, 6.07) is 0. The molecule has 0 aromatic rings. The predicted octanol–water partition coefficient (Wildman–Crippen LogP) is 3.17. The second-order valence-electron chi connectivity index (χ2n) is 7.96. The van der Waals surface area contributed by atoms with E-state index in [1.807, 2.05) is 0 Å². The van der Waals surface area contributed by atoms with E-state index >= 15 is 0 Å². The zero-order valence-corrected chi connectivity index (χ0v) is 16.1. The molecule has 0 radical (unpaired) electrons. The van der Waals surface area contributed by atoms with E-state index in [9.17, 15) is 0 Å². The molecule has 2 saturated heterocycles. The zero-order chi connectivity index (χ0) is 18.4. The van der Waals surface area contributed by atoms with Crippen molar-refractivity contribution in [3.8, 4) is 0 Å². The molecule has 152 valence electrons. The first-order valence-electron chi connectivity index (χ1n) is 10.4. The highest BCUT2D eigenvalue weighted by Gasteiger charge is 2.45. The number of rotatable bonds is 6. The Hall–Kier alpha value is -0.760. The van der Waals surface area contributed by atoms with Gasteiger partial charge in [-0.15, -0.1) is 0 Å². The Morgan fingerprint density at radius 1 is 0.667 bits per heavy atom. The van der Waals surface area contributed by atoms with Crippen molar-refractivity contribution in [3.05, 3.63) is 24.3 Å². The van der Waals surface area contributed by atoms with Crippen molar-refractivity contribution in [2.75, 3.05) is 39.6 Å². The average molecular weight is 380 g/mol. The van der Waals surface area contributed by atoms with Gasteiger partial charge in [-0.3, -0.25) is 0 Å². The highest BCUT2D eigenvalue weighted by atomic mass is 17.0. The average Bonchev–Trinajstić information content (AvgIpc) is 2.75. The molecule has 2 aliphatic carbocycles. The molecule has 0 amide bonds. The summed E-state index contributed by atoms with van der Waals surface area (Å²) in [6.45, 7) is 3.41. The molecule has 2 fully saturated rings. The molecule has 6 nitrogen and oxygen atoms in total. The van der Waals surface area contributed by atoms with E-state index in [-0.39, 0.29) is 11.8 Å². The molecule has 0 N–H and O–H groups in total. The highest BCUT2D eigenvalue weighted by molar-refractivity contribution is 4.91. The lowest BCUT2D eigenvalue weighted by Crippen LogP contribution is -2.54. The van der Waals surface area contributed by atoms with Gasteiger partial charge in [-0.1, -0.05) is 24.3 Å². The van der Waals surface area contributed by atoms with Crippen molar-refractivity contribution in [2.45, 2.75) is 56.9 Å². The molecule has 2 unspecified atom stereocenters. The quantitative estimate of drug-likeness (QED) is 0.660. The molecule has 0 bridgehead atoms. The van der Waals surface area contributed by atoms with E-state index in [0.29, 0.717) is 51.8 Å². The Morgan fingerprint density at radius 3 is 1.48 bits per heavy atom. The zero-order valence-electron chi connectivity index (χ0n) is 16.1. The van der Waals surface area contributed by atoms with Crippen LogP contribution >= 0.6 is 0 Å². The first kappa shape index (κ1) is 19.6. The van der Waals surface area contributed by atoms with Gasteiger partial charge in [0, 0.05) is 11.8 Å². The van der Waals surface area contributed by atoms with Crippen LogP contribution in [0.15, 0.2) is 24.3 Å². The molecular formula is C21H32O6.